The van der Waals surface area contributed by atoms with Gasteiger partial charge in [0.15, 0.2) is 0 Å². The molecule has 0 radical (unpaired) electrons. The summed E-state index contributed by atoms with van der Waals surface area (Å²) >= 11 is 0. The van der Waals surface area contributed by atoms with Gasteiger partial charge in [-0.3, -0.25) is 4.79 Å². The van der Waals surface area contributed by atoms with Gasteiger partial charge in [0.1, 0.15) is 0 Å². The fourth-order valence-corrected chi connectivity index (χ4v) is 3.23. The van der Waals surface area contributed by atoms with Crippen LogP contribution in [-0.2, 0) is 14.8 Å². The van der Waals surface area contributed by atoms with Gasteiger partial charge in [-0.2, -0.15) is 0 Å². The first-order valence-electron chi connectivity index (χ1n) is 7.11. The number of hydrogen-bond donors (Lipinski definition) is 0. The molecule has 0 saturated carbocycles. The van der Waals surface area contributed by atoms with Crippen LogP contribution in [-0.4, -0.2) is 81.0 Å². The molecule has 0 aliphatic carbocycles. The fourth-order valence-electron chi connectivity index (χ4n) is 2.23. The molecule has 1 heterocycles. The van der Waals surface area contributed by atoms with Gasteiger partial charge in [-0.25, -0.2) is 12.7 Å². The van der Waals surface area contributed by atoms with E-state index in [1.807, 2.05) is 25.8 Å². The van der Waals surface area contributed by atoms with Gasteiger partial charge in [0.25, 0.3) is 0 Å². The molecule has 6 nitrogen and oxygen atoms in total. The first-order valence-corrected chi connectivity index (χ1v) is 8.96. The van der Waals surface area contributed by atoms with Crippen molar-refractivity contribution in [3.8, 4) is 0 Å². The normalized spacial score (nSPS) is 18.0. The van der Waals surface area contributed by atoms with Crippen molar-refractivity contribution >= 4 is 15.9 Å². The number of hydrogen-bond acceptors (Lipinski definition) is 4. The monoisotopic (exact) mass is 305 g/mol. The number of carbonyl (C=O) groups is 1. The average Bonchev–Trinajstić information content (AvgIpc) is 2.33. The maximum absolute atomic E-state index is 12.1. The molecule has 0 aromatic rings. The Morgan fingerprint density at radius 1 is 1.20 bits per heavy atom. The molecule has 1 rings (SSSR count). The van der Waals surface area contributed by atoms with E-state index >= 15 is 0 Å². The minimum Gasteiger partial charge on any atom is -0.340 e. The molecule has 7 heteroatoms. The molecule has 0 bridgehead atoms. The first kappa shape index (κ1) is 17.4. The number of nitrogens with zero attached hydrogens (tertiary/aromatic N) is 3. The molecule has 0 aromatic heterocycles. The van der Waals surface area contributed by atoms with E-state index in [2.05, 4.69) is 4.90 Å². The van der Waals surface area contributed by atoms with Crippen molar-refractivity contribution in [3.05, 3.63) is 0 Å². The van der Waals surface area contributed by atoms with Crippen molar-refractivity contribution in [1.29, 1.82) is 0 Å². The van der Waals surface area contributed by atoms with E-state index in [0.717, 1.165) is 26.2 Å². The number of likely N-dealkylation sites (N-methyl/N-ethyl adjacent to an activating group) is 1. The molecule has 0 aromatic carbocycles. The van der Waals surface area contributed by atoms with Crippen LogP contribution in [0.3, 0.4) is 0 Å². The van der Waals surface area contributed by atoms with Crippen LogP contribution >= 0.6 is 0 Å². The zero-order valence-corrected chi connectivity index (χ0v) is 13.8. The van der Waals surface area contributed by atoms with Crippen LogP contribution in [0.4, 0.5) is 0 Å². The summed E-state index contributed by atoms with van der Waals surface area (Å²) in [5.41, 5.74) is 0. The summed E-state index contributed by atoms with van der Waals surface area (Å²) in [6, 6.07) is 0. The number of carbonyl (C=O) groups excluding carboxylic acids is 1. The van der Waals surface area contributed by atoms with E-state index in [-0.39, 0.29) is 24.8 Å². The second-order valence-corrected chi connectivity index (χ2v) is 7.93. The van der Waals surface area contributed by atoms with Crippen molar-refractivity contribution in [2.75, 3.05) is 52.6 Å². The van der Waals surface area contributed by atoms with E-state index in [4.69, 9.17) is 0 Å². The predicted octanol–water partition coefficient (Wildman–Crippen LogP) is 0.0681. The minimum atomic E-state index is -3.24. The molecule has 0 N–H and O–H groups in total. The largest absolute Gasteiger partial charge is 0.340 e. The van der Waals surface area contributed by atoms with Crippen molar-refractivity contribution < 1.29 is 13.2 Å². The van der Waals surface area contributed by atoms with E-state index in [1.165, 1.54) is 10.6 Å². The van der Waals surface area contributed by atoms with Crippen molar-refractivity contribution in [2.45, 2.75) is 20.3 Å². The lowest BCUT2D eigenvalue weighted by atomic mass is 10.2. The molecule has 1 saturated heterocycles. The van der Waals surface area contributed by atoms with Crippen LogP contribution in [0.2, 0.25) is 0 Å². The smallest absolute Gasteiger partial charge is 0.223 e. The van der Waals surface area contributed by atoms with Gasteiger partial charge in [-0.15, -0.1) is 0 Å². The van der Waals surface area contributed by atoms with Crippen molar-refractivity contribution in [1.82, 2.24) is 14.1 Å². The molecule has 1 aliphatic rings. The zero-order valence-electron chi connectivity index (χ0n) is 13.0. The average molecular weight is 305 g/mol. The fraction of sp³-hybridized carbons (Fsp3) is 0.923. The minimum absolute atomic E-state index is 0.0514. The third-order valence-electron chi connectivity index (χ3n) is 3.47. The Kier molecular flexibility index (Phi) is 6.42. The quantitative estimate of drug-likeness (QED) is 0.697. The van der Waals surface area contributed by atoms with Crippen LogP contribution in [0.1, 0.15) is 20.3 Å². The maximum Gasteiger partial charge on any atom is 0.223 e. The van der Waals surface area contributed by atoms with Crippen LogP contribution < -0.4 is 0 Å². The van der Waals surface area contributed by atoms with Gasteiger partial charge in [0.05, 0.1) is 6.26 Å². The third kappa shape index (κ3) is 5.76. The third-order valence-corrected chi connectivity index (χ3v) is 4.74. The highest BCUT2D eigenvalue weighted by Gasteiger charge is 2.22. The van der Waals surface area contributed by atoms with Gasteiger partial charge in [-0.1, -0.05) is 13.8 Å². The number of rotatable bonds is 6. The SMILES string of the molecule is CC(C)CN(CCC(=O)N1CCN(C)CC1)S(C)(=O)=O. The molecule has 1 fully saturated rings. The Morgan fingerprint density at radius 2 is 1.75 bits per heavy atom. The molecule has 0 unspecified atom stereocenters. The Bertz CT molecular complexity index is 415. The molecule has 118 valence electrons. The maximum atomic E-state index is 12.1. The van der Waals surface area contributed by atoms with E-state index in [9.17, 15) is 13.2 Å². The Morgan fingerprint density at radius 3 is 2.20 bits per heavy atom. The van der Waals surface area contributed by atoms with Gasteiger partial charge in [-0.05, 0) is 13.0 Å². The van der Waals surface area contributed by atoms with Crippen LogP contribution in [0.5, 0.6) is 0 Å². The van der Waals surface area contributed by atoms with E-state index in [0.29, 0.717) is 6.54 Å². The molecular formula is C13H27N3O3S. The molecule has 1 amide bonds. The summed E-state index contributed by atoms with van der Waals surface area (Å²) in [6.45, 7) is 7.93. The highest BCUT2D eigenvalue weighted by molar-refractivity contribution is 7.88. The Balaban J connectivity index is 2.48. The van der Waals surface area contributed by atoms with Gasteiger partial charge in [0.2, 0.25) is 15.9 Å². The molecule has 0 atom stereocenters. The molecule has 20 heavy (non-hydrogen) atoms. The Hall–Kier alpha value is -0.660. The van der Waals surface area contributed by atoms with Gasteiger partial charge >= 0.3 is 0 Å². The van der Waals surface area contributed by atoms with Crippen LogP contribution in [0.25, 0.3) is 0 Å². The lowest BCUT2D eigenvalue weighted by Crippen LogP contribution is -2.48. The summed E-state index contributed by atoms with van der Waals surface area (Å²) < 4.78 is 24.8. The van der Waals surface area contributed by atoms with Crippen LogP contribution in [0, 0.1) is 5.92 Å². The summed E-state index contributed by atoms with van der Waals surface area (Å²) in [6.07, 6.45) is 1.47. The molecular weight excluding hydrogens is 278 g/mol. The highest BCUT2D eigenvalue weighted by Crippen LogP contribution is 2.08. The highest BCUT2D eigenvalue weighted by atomic mass is 32.2. The summed E-state index contributed by atoms with van der Waals surface area (Å²) in [5, 5.41) is 0. The van der Waals surface area contributed by atoms with E-state index < -0.39 is 10.0 Å². The standard InChI is InChI=1S/C13H27N3O3S/c1-12(2)11-16(20(4,18)19)6-5-13(17)15-9-7-14(3)8-10-15/h12H,5-11H2,1-4H3. The lowest BCUT2D eigenvalue weighted by molar-refractivity contribution is -0.132. The summed E-state index contributed by atoms with van der Waals surface area (Å²) in [7, 11) is -1.20. The predicted molar refractivity (Wildman–Crippen MR) is 79.9 cm³/mol. The summed E-state index contributed by atoms with van der Waals surface area (Å²) in [4.78, 5) is 16.1. The number of sulfonamides is 1. The molecule has 0 spiro atoms. The second-order valence-electron chi connectivity index (χ2n) is 5.95. The second kappa shape index (κ2) is 7.38. The van der Waals surface area contributed by atoms with Gasteiger partial charge in [0, 0.05) is 45.7 Å². The number of amides is 1. The first-order chi connectivity index (χ1) is 9.20. The lowest BCUT2D eigenvalue weighted by Gasteiger charge is -2.33. The van der Waals surface area contributed by atoms with Crippen molar-refractivity contribution in [2.24, 2.45) is 5.92 Å². The number of piperazine rings is 1. The topological polar surface area (TPSA) is 60.9 Å². The molecule has 1 aliphatic heterocycles. The van der Waals surface area contributed by atoms with Gasteiger partial charge < -0.3 is 9.80 Å². The van der Waals surface area contributed by atoms with Crippen LogP contribution in [0.15, 0.2) is 0 Å². The van der Waals surface area contributed by atoms with E-state index in [1.54, 1.807) is 0 Å². The zero-order chi connectivity index (χ0) is 15.3. The van der Waals surface area contributed by atoms with Crippen molar-refractivity contribution in [3.63, 3.8) is 0 Å². The summed E-state index contributed by atoms with van der Waals surface area (Å²) in [5.74, 6) is 0.305. The Labute approximate surface area is 122 Å².